The lowest BCUT2D eigenvalue weighted by Gasteiger charge is -2.24. The third-order valence-electron chi connectivity index (χ3n) is 2.61. The number of rotatable bonds is 4. The number of nitrogens with two attached hydrogens (primary N) is 1. The van der Waals surface area contributed by atoms with Crippen LogP contribution in [-0.2, 0) is 17.4 Å². The van der Waals surface area contributed by atoms with Crippen LogP contribution in [0.1, 0.15) is 25.0 Å². The van der Waals surface area contributed by atoms with Crippen molar-refractivity contribution in [1.29, 1.82) is 0 Å². The molecule has 7 heteroatoms. The molecule has 0 radical (unpaired) electrons. The van der Waals surface area contributed by atoms with Crippen LogP contribution < -0.4 is 11.1 Å². The van der Waals surface area contributed by atoms with Crippen LogP contribution >= 0.6 is 12.4 Å². The number of nitrogens with one attached hydrogen (secondary N) is 1. The number of hydrogen-bond donors (Lipinski definition) is 2. The number of carbonyl (C=O) groups excluding carboxylic acids is 1. The first-order valence-electron chi connectivity index (χ1n) is 5.81. The smallest absolute Gasteiger partial charge is 0.350 e. The third-order valence-corrected chi connectivity index (χ3v) is 2.61. The van der Waals surface area contributed by atoms with Gasteiger partial charge in [0.25, 0.3) is 0 Å². The molecule has 3 N–H and O–H groups in total. The predicted octanol–water partition coefficient (Wildman–Crippen LogP) is 2.52. The van der Waals surface area contributed by atoms with Gasteiger partial charge in [-0.2, -0.15) is 13.2 Å². The van der Waals surface area contributed by atoms with E-state index in [1.165, 1.54) is 12.1 Å². The minimum absolute atomic E-state index is 0. The topological polar surface area (TPSA) is 55.1 Å². The lowest BCUT2D eigenvalue weighted by molar-refractivity contribution is -0.137. The van der Waals surface area contributed by atoms with E-state index in [2.05, 4.69) is 5.32 Å². The van der Waals surface area contributed by atoms with Gasteiger partial charge in [0.15, 0.2) is 0 Å². The van der Waals surface area contributed by atoms with Crippen molar-refractivity contribution in [2.24, 2.45) is 5.73 Å². The van der Waals surface area contributed by atoms with Gasteiger partial charge in [0.2, 0.25) is 5.91 Å². The first kappa shape index (κ1) is 18.7. The van der Waals surface area contributed by atoms with Gasteiger partial charge in [-0.1, -0.05) is 18.2 Å². The van der Waals surface area contributed by atoms with E-state index >= 15 is 0 Å². The lowest BCUT2D eigenvalue weighted by Crippen LogP contribution is -2.49. The SMILES string of the molecule is CC(C)(CN)NC(=O)Cc1cccc(C(F)(F)F)c1.Cl. The molecule has 0 fully saturated rings. The largest absolute Gasteiger partial charge is 0.416 e. The fourth-order valence-corrected chi connectivity index (χ4v) is 1.52. The van der Waals surface area contributed by atoms with Crippen molar-refractivity contribution in [1.82, 2.24) is 5.32 Å². The number of halogens is 4. The van der Waals surface area contributed by atoms with Gasteiger partial charge in [-0.3, -0.25) is 4.79 Å². The van der Waals surface area contributed by atoms with Crippen LogP contribution in [0, 0.1) is 0 Å². The first-order chi connectivity index (χ1) is 8.64. The van der Waals surface area contributed by atoms with Crippen molar-refractivity contribution >= 4 is 18.3 Å². The highest BCUT2D eigenvalue weighted by atomic mass is 35.5. The van der Waals surface area contributed by atoms with Crippen molar-refractivity contribution in [3.8, 4) is 0 Å². The first-order valence-corrected chi connectivity index (χ1v) is 5.81. The molecule has 0 bridgehead atoms. The zero-order chi connectivity index (χ0) is 14.7. The zero-order valence-corrected chi connectivity index (χ0v) is 12.1. The maximum absolute atomic E-state index is 12.5. The van der Waals surface area contributed by atoms with Crippen molar-refractivity contribution in [3.05, 3.63) is 35.4 Å². The highest BCUT2D eigenvalue weighted by Crippen LogP contribution is 2.29. The molecule has 0 unspecified atom stereocenters. The van der Waals surface area contributed by atoms with E-state index in [0.29, 0.717) is 5.56 Å². The Labute approximate surface area is 122 Å². The number of amides is 1. The monoisotopic (exact) mass is 310 g/mol. The Morgan fingerprint density at radius 3 is 2.40 bits per heavy atom. The standard InChI is InChI=1S/C13H17F3N2O.ClH/c1-12(2,8-17)18-11(19)7-9-4-3-5-10(6-9)13(14,15)16;/h3-6H,7-8,17H2,1-2H3,(H,18,19);1H. The molecule has 1 rings (SSSR count). The van der Waals surface area contributed by atoms with Gasteiger partial charge >= 0.3 is 6.18 Å². The molecule has 0 saturated carbocycles. The molecule has 0 aliphatic heterocycles. The zero-order valence-electron chi connectivity index (χ0n) is 11.3. The Bertz CT molecular complexity index is 461. The Balaban J connectivity index is 0.00000361. The molecule has 20 heavy (non-hydrogen) atoms. The second kappa shape index (κ2) is 6.95. The molecule has 0 aliphatic carbocycles. The molecule has 0 atom stereocenters. The summed E-state index contributed by atoms with van der Waals surface area (Å²) in [6.07, 6.45) is -4.50. The summed E-state index contributed by atoms with van der Waals surface area (Å²) in [5, 5.41) is 2.67. The Morgan fingerprint density at radius 1 is 1.30 bits per heavy atom. The maximum Gasteiger partial charge on any atom is 0.416 e. The van der Waals surface area contributed by atoms with E-state index in [9.17, 15) is 18.0 Å². The van der Waals surface area contributed by atoms with Gasteiger partial charge in [0, 0.05) is 12.1 Å². The normalized spacial score (nSPS) is 11.7. The molecule has 0 spiro atoms. The Kier molecular flexibility index (Phi) is 6.50. The van der Waals surface area contributed by atoms with Crippen LogP contribution in [0.3, 0.4) is 0 Å². The van der Waals surface area contributed by atoms with Gasteiger partial charge in [-0.05, 0) is 25.5 Å². The van der Waals surface area contributed by atoms with Crippen LogP contribution in [-0.4, -0.2) is 18.0 Å². The summed E-state index contributed by atoms with van der Waals surface area (Å²) in [5.74, 6) is -0.352. The maximum atomic E-state index is 12.5. The molecule has 0 aromatic heterocycles. The second-order valence-electron chi connectivity index (χ2n) is 5.01. The van der Waals surface area contributed by atoms with E-state index in [1.54, 1.807) is 13.8 Å². The summed E-state index contributed by atoms with van der Waals surface area (Å²) in [6.45, 7) is 3.75. The summed E-state index contributed by atoms with van der Waals surface area (Å²) < 4.78 is 37.5. The molecule has 3 nitrogen and oxygen atoms in total. The van der Waals surface area contributed by atoms with Gasteiger partial charge in [-0.15, -0.1) is 12.4 Å². The summed E-state index contributed by atoms with van der Waals surface area (Å²) >= 11 is 0. The van der Waals surface area contributed by atoms with Crippen molar-refractivity contribution in [2.75, 3.05) is 6.54 Å². The average Bonchev–Trinajstić information content (AvgIpc) is 2.27. The van der Waals surface area contributed by atoms with E-state index < -0.39 is 17.3 Å². The van der Waals surface area contributed by atoms with E-state index in [1.807, 2.05) is 0 Å². The minimum atomic E-state index is -4.40. The van der Waals surface area contributed by atoms with Crippen molar-refractivity contribution < 1.29 is 18.0 Å². The fourth-order valence-electron chi connectivity index (χ4n) is 1.52. The fraction of sp³-hybridized carbons (Fsp3) is 0.462. The van der Waals surface area contributed by atoms with Crippen LogP contribution in [0.4, 0.5) is 13.2 Å². The molecule has 0 aliphatic rings. The summed E-state index contributed by atoms with van der Waals surface area (Å²) in [5.41, 5.74) is 4.46. The summed E-state index contributed by atoms with van der Waals surface area (Å²) in [4.78, 5) is 11.7. The quantitative estimate of drug-likeness (QED) is 0.898. The molecular formula is C13H18ClF3N2O. The molecule has 1 amide bonds. The van der Waals surface area contributed by atoms with Crippen LogP contribution in [0.5, 0.6) is 0 Å². The van der Waals surface area contributed by atoms with Crippen molar-refractivity contribution in [2.45, 2.75) is 32.0 Å². The average molecular weight is 311 g/mol. The Morgan fingerprint density at radius 2 is 1.90 bits per heavy atom. The molecule has 114 valence electrons. The van der Waals surface area contributed by atoms with E-state index in [-0.39, 0.29) is 31.3 Å². The summed E-state index contributed by atoms with van der Waals surface area (Å²) in [6, 6.07) is 4.74. The van der Waals surface area contributed by atoms with Gasteiger partial charge in [-0.25, -0.2) is 0 Å². The third kappa shape index (κ3) is 5.79. The highest BCUT2D eigenvalue weighted by molar-refractivity contribution is 5.85. The van der Waals surface area contributed by atoms with Crippen LogP contribution in [0.15, 0.2) is 24.3 Å². The highest BCUT2D eigenvalue weighted by Gasteiger charge is 2.30. The number of hydrogen-bond acceptors (Lipinski definition) is 2. The van der Waals surface area contributed by atoms with Gasteiger partial charge in [0.1, 0.15) is 0 Å². The van der Waals surface area contributed by atoms with Gasteiger partial charge < -0.3 is 11.1 Å². The van der Waals surface area contributed by atoms with Gasteiger partial charge in [0.05, 0.1) is 12.0 Å². The lowest BCUT2D eigenvalue weighted by atomic mass is 10.0. The number of alkyl halides is 3. The minimum Gasteiger partial charge on any atom is -0.350 e. The Hall–Kier alpha value is -1.27. The van der Waals surface area contributed by atoms with E-state index in [4.69, 9.17) is 5.73 Å². The molecule has 1 aromatic rings. The predicted molar refractivity (Wildman–Crippen MR) is 73.7 cm³/mol. The second-order valence-corrected chi connectivity index (χ2v) is 5.01. The molecule has 0 heterocycles. The molecule has 1 aromatic carbocycles. The molecular weight excluding hydrogens is 293 g/mol. The van der Waals surface area contributed by atoms with Crippen molar-refractivity contribution in [3.63, 3.8) is 0 Å². The molecule has 0 saturated heterocycles. The summed E-state index contributed by atoms with van der Waals surface area (Å²) in [7, 11) is 0. The number of carbonyl (C=O) groups is 1. The van der Waals surface area contributed by atoms with Crippen LogP contribution in [0.25, 0.3) is 0 Å². The number of benzene rings is 1. The van der Waals surface area contributed by atoms with E-state index in [0.717, 1.165) is 12.1 Å². The van der Waals surface area contributed by atoms with Crippen LogP contribution in [0.2, 0.25) is 0 Å².